The third-order valence-corrected chi connectivity index (χ3v) is 5.77. The van der Waals surface area contributed by atoms with Gasteiger partial charge in [0.15, 0.2) is 0 Å². The fraction of sp³-hybridized carbons (Fsp3) is 0.682. The summed E-state index contributed by atoms with van der Waals surface area (Å²) in [5.74, 6) is 0.229. The smallest absolute Gasteiger partial charge is 0.234 e. The van der Waals surface area contributed by atoms with Gasteiger partial charge in [-0.25, -0.2) is 0 Å². The van der Waals surface area contributed by atoms with Crippen LogP contribution in [0.5, 0.6) is 0 Å². The molecule has 0 spiro atoms. The first-order valence-corrected chi connectivity index (χ1v) is 10.6. The molecule has 3 rings (SSSR count). The van der Waals surface area contributed by atoms with Crippen LogP contribution in [0.25, 0.3) is 0 Å². The molecular formula is C22H35N3O. The first-order valence-electron chi connectivity index (χ1n) is 10.6. The topological polar surface area (TPSA) is 35.6 Å². The standard InChI is InChI=1S/C22H35N3O/c26-22(23-21-12-7-2-1-3-8-13-21)19-25-15-9-14-24(16-17-25)18-20-10-5-4-6-11-20/h4-6,10-11,21H,1-3,7-9,12-19H2,(H,23,26). The molecule has 0 aromatic heterocycles. The lowest BCUT2D eigenvalue weighted by molar-refractivity contribution is -0.123. The number of hydrogen-bond acceptors (Lipinski definition) is 3. The molecule has 26 heavy (non-hydrogen) atoms. The zero-order valence-corrected chi connectivity index (χ0v) is 16.2. The third kappa shape index (κ3) is 6.73. The predicted octanol–water partition coefficient (Wildman–Crippen LogP) is 3.42. The van der Waals surface area contributed by atoms with E-state index >= 15 is 0 Å². The van der Waals surface area contributed by atoms with Crippen molar-refractivity contribution in [2.75, 3.05) is 32.7 Å². The Labute approximate surface area is 158 Å². The van der Waals surface area contributed by atoms with Gasteiger partial charge in [-0.15, -0.1) is 0 Å². The van der Waals surface area contributed by atoms with Crippen molar-refractivity contribution in [3.63, 3.8) is 0 Å². The van der Waals surface area contributed by atoms with E-state index in [1.807, 2.05) is 0 Å². The molecule has 1 amide bonds. The van der Waals surface area contributed by atoms with Crippen LogP contribution in [-0.2, 0) is 11.3 Å². The number of nitrogens with one attached hydrogen (secondary N) is 1. The van der Waals surface area contributed by atoms with Crippen LogP contribution in [0.4, 0.5) is 0 Å². The summed E-state index contributed by atoms with van der Waals surface area (Å²) in [7, 11) is 0. The van der Waals surface area contributed by atoms with Gasteiger partial charge in [-0.3, -0.25) is 14.6 Å². The number of hydrogen-bond donors (Lipinski definition) is 1. The van der Waals surface area contributed by atoms with E-state index in [1.165, 1.54) is 37.7 Å². The van der Waals surface area contributed by atoms with Crippen LogP contribution in [0.2, 0.25) is 0 Å². The van der Waals surface area contributed by atoms with Crippen LogP contribution in [0, 0.1) is 0 Å². The Hall–Kier alpha value is -1.39. The Kier molecular flexibility index (Phi) is 7.96. The minimum atomic E-state index is 0.229. The maximum atomic E-state index is 12.5. The highest BCUT2D eigenvalue weighted by Gasteiger charge is 2.19. The van der Waals surface area contributed by atoms with E-state index in [9.17, 15) is 4.79 Å². The molecule has 2 fully saturated rings. The Morgan fingerprint density at radius 3 is 2.27 bits per heavy atom. The fourth-order valence-corrected chi connectivity index (χ4v) is 4.26. The van der Waals surface area contributed by atoms with E-state index in [0.717, 1.165) is 52.0 Å². The van der Waals surface area contributed by atoms with Gasteiger partial charge in [0.1, 0.15) is 0 Å². The van der Waals surface area contributed by atoms with Crippen LogP contribution in [0.1, 0.15) is 56.9 Å². The second-order valence-electron chi connectivity index (χ2n) is 8.00. The Bertz CT molecular complexity index is 525. The van der Waals surface area contributed by atoms with Crippen LogP contribution in [0.3, 0.4) is 0 Å². The van der Waals surface area contributed by atoms with Crippen molar-refractivity contribution in [2.45, 2.75) is 64.0 Å². The summed E-state index contributed by atoms with van der Waals surface area (Å²) in [6, 6.07) is 11.1. The molecule has 1 saturated carbocycles. The molecule has 4 heteroatoms. The Morgan fingerprint density at radius 1 is 0.846 bits per heavy atom. The first-order chi connectivity index (χ1) is 12.8. The molecular weight excluding hydrogens is 322 g/mol. The van der Waals surface area contributed by atoms with Gasteiger partial charge < -0.3 is 5.32 Å². The number of rotatable bonds is 5. The molecule has 0 radical (unpaired) electrons. The van der Waals surface area contributed by atoms with Gasteiger partial charge in [-0.1, -0.05) is 62.4 Å². The van der Waals surface area contributed by atoms with Gasteiger partial charge in [-0.2, -0.15) is 0 Å². The van der Waals surface area contributed by atoms with E-state index in [0.29, 0.717) is 12.6 Å². The quantitative estimate of drug-likeness (QED) is 0.877. The molecule has 0 unspecified atom stereocenters. The monoisotopic (exact) mass is 357 g/mol. The maximum absolute atomic E-state index is 12.5. The number of nitrogens with zero attached hydrogens (tertiary/aromatic N) is 2. The molecule has 2 aliphatic rings. The second kappa shape index (κ2) is 10.7. The van der Waals surface area contributed by atoms with Crippen molar-refractivity contribution in [3.8, 4) is 0 Å². The van der Waals surface area contributed by atoms with Gasteiger partial charge in [0, 0.05) is 25.7 Å². The van der Waals surface area contributed by atoms with E-state index < -0.39 is 0 Å². The molecule has 1 aromatic carbocycles. The minimum Gasteiger partial charge on any atom is -0.352 e. The Balaban J connectivity index is 1.40. The van der Waals surface area contributed by atoms with E-state index in [2.05, 4.69) is 45.4 Å². The molecule has 1 aliphatic heterocycles. The third-order valence-electron chi connectivity index (χ3n) is 5.77. The molecule has 1 N–H and O–H groups in total. The lowest BCUT2D eigenvalue weighted by Crippen LogP contribution is -2.43. The molecule has 4 nitrogen and oxygen atoms in total. The molecule has 1 aromatic rings. The Morgan fingerprint density at radius 2 is 1.50 bits per heavy atom. The first kappa shape index (κ1) is 19.4. The maximum Gasteiger partial charge on any atom is 0.234 e. The van der Waals surface area contributed by atoms with Gasteiger partial charge in [-0.05, 0) is 37.9 Å². The van der Waals surface area contributed by atoms with Crippen molar-refractivity contribution < 1.29 is 4.79 Å². The largest absolute Gasteiger partial charge is 0.352 e. The predicted molar refractivity (Wildman–Crippen MR) is 107 cm³/mol. The molecule has 1 aliphatic carbocycles. The zero-order chi connectivity index (χ0) is 18.0. The zero-order valence-electron chi connectivity index (χ0n) is 16.2. The van der Waals surface area contributed by atoms with Gasteiger partial charge in [0.05, 0.1) is 6.54 Å². The molecule has 0 atom stereocenters. The van der Waals surface area contributed by atoms with Crippen LogP contribution >= 0.6 is 0 Å². The van der Waals surface area contributed by atoms with Crippen molar-refractivity contribution in [1.82, 2.24) is 15.1 Å². The summed E-state index contributed by atoms with van der Waals surface area (Å²) >= 11 is 0. The van der Waals surface area contributed by atoms with Gasteiger partial charge in [0.25, 0.3) is 0 Å². The summed E-state index contributed by atoms with van der Waals surface area (Å²) in [5.41, 5.74) is 1.38. The summed E-state index contributed by atoms with van der Waals surface area (Å²) in [4.78, 5) is 17.3. The number of amides is 1. The highest BCUT2D eigenvalue weighted by atomic mass is 16.2. The van der Waals surface area contributed by atoms with Crippen LogP contribution < -0.4 is 5.32 Å². The van der Waals surface area contributed by atoms with E-state index in [1.54, 1.807) is 0 Å². The normalized spacial score (nSPS) is 21.5. The summed E-state index contributed by atoms with van der Waals surface area (Å²) < 4.78 is 0. The van der Waals surface area contributed by atoms with Crippen molar-refractivity contribution in [2.24, 2.45) is 0 Å². The molecule has 1 saturated heterocycles. The highest BCUT2D eigenvalue weighted by Crippen LogP contribution is 2.17. The summed E-state index contributed by atoms with van der Waals surface area (Å²) in [6.45, 7) is 5.77. The van der Waals surface area contributed by atoms with Gasteiger partial charge >= 0.3 is 0 Å². The van der Waals surface area contributed by atoms with Gasteiger partial charge in [0.2, 0.25) is 5.91 Å². The summed E-state index contributed by atoms with van der Waals surface area (Å²) in [5, 5.41) is 3.31. The molecule has 0 bridgehead atoms. The van der Waals surface area contributed by atoms with Crippen molar-refractivity contribution in [3.05, 3.63) is 35.9 Å². The van der Waals surface area contributed by atoms with Crippen LogP contribution in [-0.4, -0.2) is 54.5 Å². The molecule has 1 heterocycles. The lowest BCUT2D eigenvalue weighted by Gasteiger charge is -2.24. The van der Waals surface area contributed by atoms with Crippen molar-refractivity contribution in [1.29, 1.82) is 0 Å². The average Bonchev–Trinajstić information content (AvgIpc) is 2.83. The highest BCUT2D eigenvalue weighted by molar-refractivity contribution is 5.78. The summed E-state index contributed by atoms with van der Waals surface area (Å²) in [6.07, 6.45) is 10.0. The van der Waals surface area contributed by atoms with E-state index in [4.69, 9.17) is 0 Å². The number of benzene rings is 1. The lowest BCUT2D eigenvalue weighted by atomic mass is 9.97. The fourth-order valence-electron chi connectivity index (χ4n) is 4.26. The van der Waals surface area contributed by atoms with Crippen LogP contribution in [0.15, 0.2) is 30.3 Å². The van der Waals surface area contributed by atoms with E-state index in [-0.39, 0.29) is 5.91 Å². The second-order valence-corrected chi connectivity index (χ2v) is 8.00. The molecule has 144 valence electrons. The number of carbonyl (C=O) groups is 1. The van der Waals surface area contributed by atoms with Crippen molar-refractivity contribution >= 4 is 5.91 Å². The minimum absolute atomic E-state index is 0.229. The number of carbonyl (C=O) groups excluding carboxylic acids is 1. The average molecular weight is 358 g/mol. The SMILES string of the molecule is O=C(CN1CCCN(Cc2ccccc2)CC1)NC1CCCCCCC1.